The molecule has 0 spiro atoms. The number of para-hydroxylation sites is 1. The maximum Gasteiger partial charge on any atom is 0.229 e. The van der Waals surface area contributed by atoms with Crippen LogP contribution in [0.3, 0.4) is 0 Å². The molecule has 3 aromatic heterocycles. The third-order valence-electron chi connectivity index (χ3n) is 3.51. The van der Waals surface area contributed by atoms with Crippen LogP contribution in [0.2, 0.25) is 0 Å². The molecule has 0 saturated carbocycles. The molecule has 0 aliphatic rings. The summed E-state index contributed by atoms with van der Waals surface area (Å²) in [7, 11) is 0. The van der Waals surface area contributed by atoms with Crippen LogP contribution in [-0.2, 0) is 0 Å². The van der Waals surface area contributed by atoms with Gasteiger partial charge in [0.1, 0.15) is 5.69 Å². The summed E-state index contributed by atoms with van der Waals surface area (Å²) in [4.78, 5) is 13.0. The molecule has 0 fully saturated rings. The van der Waals surface area contributed by atoms with Crippen LogP contribution in [0.15, 0.2) is 47.8 Å². The van der Waals surface area contributed by atoms with E-state index in [0.717, 1.165) is 26.9 Å². The van der Waals surface area contributed by atoms with E-state index in [0.29, 0.717) is 5.65 Å². The third kappa shape index (κ3) is 1.78. The van der Waals surface area contributed by atoms with Gasteiger partial charge in [-0.15, -0.1) is 21.5 Å². The van der Waals surface area contributed by atoms with Crippen LogP contribution >= 0.6 is 11.3 Å². The van der Waals surface area contributed by atoms with E-state index in [9.17, 15) is 4.79 Å². The van der Waals surface area contributed by atoms with Gasteiger partial charge in [-0.2, -0.15) is 0 Å². The summed E-state index contributed by atoms with van der Waals surface area (Å²) in [6.07, 6.45) is 0. The minimum absolute atomic E-state index is 0.0561. The lowest BCUT2D eigenvalue weighted by Gasteiger charge is -2.00. The Bertz CT molecular complexity index is 970. The maximum absolute atomic E-state index is 11.9. The Labute approximate surface area is 124 Å². The Hall–Kier alpha value is -2.53. The zero-order valence-corrected chi connectivity index (χ0v) is 12.1. The number of thiophene rings is 1. The molecule has 0 atom stereocenters. The zero-order chi connectivity index (χ0) is 14.4. The van der Waals surface area contributed by atoms with Crippen molar-refractivity contribution in [3.05, 3.63) is 47.8 Å². The van der Waals surface area contributed by atoms with Crippen LogP contribution in [0.5, 0.6) is 0 Å². The van der Waals surface area contributed by atoms with Crippen molar-refractivity contribution in [1.29, 1.82) is 0 Å². The van der Waals surface area contributed by atoms with Gasteiger partial charge in [0.05, 0.1) is 10.4 Å². The van der Waals surface area contributed by atoms with Gasteiger partial charge in [-0.25, -0.2) is 0 Å². The third-order valence-corrected chi connectivity index (χ3v) is 4.40. The molecular formula is C16H11N3OS. The largest absolute Gasteiger partial charge is 0.274 e. The van der Waals surface area contributed by atoms with E-state index in [-0.39, 0.29) is 5.91 Å². The van der Waals surface area contributed by atoms with Crippen molar-refractivity contribution in [2.45, 2.75) is 6.92 Å². The molecule has 0 saturated heterocycles. The number of fused-ring (bicyclic) bond motifs is 3. The highest BCUT2D eigenvalue weighted by molar-refractivity contribution is 7.13. The molecule has 4 rings (SSSR count). The normalized spacial score (nSPS) is 11.3. The Kier molecular flexibility index (Phi) is 2.62. The van der Waals surface area contributed by atoms with Gasteiger partial charge in [-0.05, 0) is 23.6 Å². The van der Waals surface area contributed by atoms with E-state index < -0.39 is 0 Å². The van der Waals surface area contributed by atoms with Crippen LogP contribution in [0.4, 0.5) is 0 Å². The second-order valence-electron chi connectivity index (χ2n) is 4.82. The highest BCUT2D eigenvalue weighted by Crippen LogP contribution is 2.31. The van der Waals surface area contributed by atoms with Crippen molar-refractivity contribution in [2.75, 3.05) is 0 Å². The Morgan fingerprint density at radius 1 is 1.10 bits per heavy atom. The molecule has 0 unspecified atom stereocenters. The van der Waals surface area contributed by atoms with E-state index in [4.69, 9.17) is 0 Å². The first kappa shape index (κ1) is 12.2. The lowest BCUT2D eigenvalue weighted by atomic mass is 10.2. The van der Waals surface area contributed by atoms with Crippen LogP contribution < -0.4 is 0 Å². The van der Waals surface area contributed by atoms with Gasteiger partial charge in [0, 0.05) is 17.7 Å². The van der Waals surface area contributed by atoms with Gasteiger partial charge in [-0.3, -0.25) is 9.36 Å². The zero-order valence-electron chi connectivity index (χ0n) is 11.3. The van der Waals surface area contributed by atoms with Crippen molar-refractivity contribution < 1.29 is 4.79 Å². The highest BCUT2D eigenvalue weighted by Gasteiger charge is 2.16. The fourth-order valence-electron chi connectivity index (χ4n) is 2.62. The van der Waals surface area contributed by atoms with Crippen LogP contribution in [0.1, 0.15) is 11.7 Å². The highest BCUT2D eigenvalue weighted by atomic mass is 32.1. The van der Waals surface area contributed by atoms with Gasteiger partial charge in [-0.1, -0.05) is 24.3 Å². The number of hydrogen-bond acceptors (Lipinski definition) is 4. The van der Waals surface area contributed by atoms with E-state index in [1.165, 1.54) is 0 Å². The Balaban J connectivity index is 2.12. The van der Waals surface area contributed by atoms with Gasteiger partial charge < -0.3 is 0 Å². The first-order valence-electron chi connectivity index (χ1n) is 6.57. The molecule has 0 aliphatic carbocycles. The first-order valence-corrected chi connectivity index (χ1v) is 7.45. The fourth-order valence-corrected chi connectivity index (χ4v) is 3.30. The van der Waals surface area contributed by atoms with Crippen LogP contribution in [0, 0.1) is 0 Å². The second-order valence-corrected chi connectivity index (χ2v) is 5.76. The number of nitrogens with zero attached hydrogens (tertiary/aromatic N) is 3. The summed E-state index contributed by atoms with van der Waals surface area (Å²) >= 11 is 1.63. The van der Waals surface area contributed by atoms with E-state index in [1.54, 1.807) is 22.8 Å². The van der Waals surface area contributed by atoms with Crippen molar-refractivity contribution in [3.63, 3.8) is 0 Å². The minimum atomic E-state index is -0.0561. The predicted molar refractivity (Wildman–Crippen MR) is 84.6 cm³/mol. The standard InChI is InChI=1S/C16H11N3OS/c1-10(20)19-14-6-3-2-5-11(14)12-9-13(17-18-16(12)19)15-7-4-8-21-15/h2-9H,1H3. The van der Waals surface area contributed by atoms with Crippen molar-refractivity contribution in [2.24, 2.45) is 0 Å². The smallest absolute Gasteiger partial charge is 0.229 e. The minimum Gasteiger partial charge on any atom is -0.274 e. The van der Waals surface area contributed by atoms with Crippen molar-refractivity contribution in [3.8, 4) is 10.6 Å². The molecule has 0 bridgehead atoms. The summed E-state index contributed by atoms with van der Waals surface area (Å²) in [5.74, 6) is -0.0561. The van der Waals surface area contributed by atoms with E-state index in [1.807, 2.05) is 47.8 Å². The summed E-state index contributed by atoms with van der Waals surface area (Å²) in [5.41, 5.74) is 2.32. The average Bonchev–Trinajstić information content (AvgIpc) is 3.12. The molecule has 0 aliphatic heterocycles. The molecule has 3 heterocycles. The van der Waals surface area contributed by atoms with Crippen LogP contribution in [0.25, 0.3) is 32.5 Å². The number of aromatic nitrogens is 3. The van der Waals surface area contributed by atoms with Gasteiger partial charge in [0.15, 0.2) is 5.65 Å². The topological polar surface area (TPSA) is 47.8 Å². The number of hydrogen-bond donors (Lipinski definition) is 0. The van der Waals surface area contributed by atoms with Gasteiger partial charge in [0.2, 0.25) is 5.91 Å². The number of carbonyl (C=O) groups is 1. The Morgan fingerprint density at radius 2 is 1.95 bits per heavy atom. The maximum atomic E-state index is 11.9. The number of benzene rings is 1. The summed E-state index contributed by atoms with van der Waals surface area (Å²) in [6, 6.07) is 13.9. The SMILES string of the molecule is CC(=O)n1c2ccccc2c2cc(-c3cccs3)nnc21. The second kappa shape index (κ2) is 4.49. The lowest BCUT2D eigenvalue weighted by molar-refractivity contribution is 0.0945. The quantitative estimate of drug-likeness (QED) is 0.533. The van der Waals surface area contributed by atoms with Crippen molar-refractivity contribution in [1.82, 2.24) is 14.8 Å². The molecule has 4 aromatic rings. The molecule has 0 amide bonds. The summed E-state index contributed by atoms with van der Waals surface area (Å²) in [6.45, 7) is 1.54. The molecule has 102 valence electrons. The van der Waals surface area contributed by atoms with E-state index in [2.05, 4.69) is 10.2 Å². The number of rotatable bonds is 1. The predicted octanol–water partition coefficient (Wildman–Crippen LogP) is 3.97. The molecule has 1 aromatic carbocycles. The first-order chi connectivity index (χ1) is 10.3. The molecule has 0 N–H and O–H groups in total. The van der Waals surface area contributed by atoms with Crippen molar-refractivity contribution >= 4 is 39.2 Å². The monoisotopic (exact) mass is 293 g/mol. The average molecular weight is 293 g/mol. The fraction of sp³-hybridized carbons (Fsp3) is 0.0625. The van der Waals surface area contributed by atoms with Gasteiger partial charge >= 0.3 is 0 Å². The number of carbonyl (C=O) groups excluding carboxylic acids is 1. The molecule has 5 heteroatoms. The molecule has 4 nitrogen and oxygen atoms in total. The Morgan fingerprint density at radius 3 is 2.71 bits per heavy atom. The van der Waals surface area contributed by atoms with Crippen LogP contribution in [-0.4, -0.2) is 20.7 Å². The molecule has 0 radical (unpaired) electrons. The van der Waals surface area contributed by atoms with Gasteiger partial charge in [0.25, 0.3) is 0 Å². The lowest BCUT2D eigenvalue weighted by Crippen LogP contribution is -2.06. The molecular weight excluding hydrogens is 282 g/mol. The molecule has 21 heavy (non-hydrogen) atoms. The van der Waals surface area contributed by atoms with E-state index >= 15 is 0 Å². The summed E-state index contributed by atoms with van der Waals surface area (Å²) < 4.78 is 1.62. The summed E-state index contributed by atoms with van der Waals surface area (Å²) in [5, 5.41) is 12.6.